The number of carbonyl (C=O) groups excluding carboxylic acids is 1. The Morgan fingerprint density at radius 2 is 1.71 bits per heavy atom. The summed E-state index contributed by atoms with van der Waals surface area (Å²) in [5.41, 5.74) is 4.55. The van der Waals surface area contributed by atoms with Crippen molar-refractivity contribution in [3.05, 3.63) is 59.8 Å². The van der Waals surface area contributed by atoms with E-state index in [0.29, 0.717) is 79.5 Å². The molecule has 1 saturated heterocycles. The van der Waals surface area contributed by atoms with Gasteiger partial charge in [-0.15, -0.1) is 0 Å². The molecule has 6 aliphatic carbocycles. The summed E-state index contributed by atoms with van der Waals surface area (Å²) in [6.45, 7) is 25.9. The molecule has 4 saturated carbocycles. The van der Waals surface area contributed by atoms with Crippen molar-refractivity contribution in [2.45, 2.75) is 131 Å². The number of allylic oxidation sites excluding steroid dienone is 5. The van der Waals surface area contributed by atoms with Crippen LogP contribution in [0.15, 0.2) is 59.8 Å². The van der Waals surface area contributed by atoms with Crippen molar-refractivity contribution >= 4 is 15.8 Å². The largest absolute Gasteiger partial charge is 0.476 e. The Morgan fingerprint density at radius 1 is 0.932 bits per heavy atom. The average Bonchev–Trinajstić information content (AvgIpc) is 3.59. The predicted octanol–water partition coefficient (Wildman–Crippen LogP) is 9.39. The summed E-state index contributed by atoms with van der Waals surface area (Å²) in [7, 11) is -2.87. The molecule has 1 aliphatic heterocycles. The second-order valence-corrected chi connectivity index (χ2v) is 24.0. The maximum absolute atomic E-state index is 13.5. The Labute approximate surface area is 356 Å². The number of esters is 1. The molecule has 0 radical (unpaired) electrons. The zero-order valence-corrected chi connectivity index (χ0v) is 38.4. The van der Waals surface area contributed by atoms with E-state index in [-0.39, 0.29) is 39.8 Å². The van der Waals surface area contributed by atoms with Crippen molar-refractivity contribution in [1.29, 1.82) is 0 Å². The number of hydrogen-bond donors (Lipinski definition) is 1. The Bertz CT molecular complexity index is 1930. The maximum Gasteiger partial charge on any atom is 0.315 e. The molecule has 8 rings (SSSR count). The van der Waals surface area contributed by atoms with Gasteiger partial charge < -0.3 is 19.7 Å². The first-order chi connectivity index (χ1) is 27.9. The van der Waals surface area contributed by atoms with Crippen LogP contribution in [0, 0.1) is 56.7 Å². The minimum Gasteiger partial charge on any atom is -0.476 e. The minimum absolute atomic E-state index is 0.0347. The van der Waals surface area contributed by atoms with Gasteiger partial charge in [-0.3, -0.25) is 4.79 Å². The van der Waals surface area contributed by atoms with Crippen molar-refractivity contribution in [3.8, 4) is 5.88 Å². The van der Waals surface area contributed by atoms with Gasteiger partial charge in [0.1, 0.15) is 12.0 Å². The topological polar surface area (TPSA) is 97.8 Å². The van der Waals surface area contributed by atoms with Gasteiger partial charge in [0.05, 0.1) is 18.1 Å². The Hall–Kier alpha value is -2.49. The van der Waals surface area contributed by atoms with E-state index in [0.717, 1.165) is 25.9 Å². The smallest absolute Gasteiger partial charge is 0.315 e. The Balaban J connectivity index is 1.01. The molecular formula is C50H75N3O5S. The van der Waals surface area contributed by atoms with E-state index >= 15 is 0 Å². The van der Waals surface area contributed by atoms with Crippen molar-refractivity contribution < 1.29 is 22.7 Å². The highest BCUT2D eigenvalue weighted by Gasteiger charge is 2.70. The average molecular weight is 830 g/mol. The normalized spacial score (nSPS) is 41.2. The summed E-state index contributed by atoms with van der Waals surface area (Å²) < 4.78 is 36.0. The van der Waals surface area contributed by atoms with Gasteiger partial charge in [0.25, 0.3) is 0 Å². The molecule has 9 heteroatoms. The van der Waals surface area contributed by atoms with Crippen molar-refractivity contribution in [3.63, 3.8) is 0 Å². The lowest BCUT2D eigenvalue weighted by atomic mass is 9.33. The van der Waals surface area contributed by atoms with Crippen LogP contribution in [0.25, 0.3) is 0 Å². The van der Waals surface area contributed by atoms with Gasteiger partial charge in [-0.2, -0.15) is 0 Å². The first-order valence-corrected chi connectivity index (χ1v) is 25.2. The molecule has 1 aromatic heterocycles. The van der Waals surface area contributed by atoms with Crippen molar-refractivity contribution in [1.82, 2.24) is 15.2 Å². The van der Waals surface area contributed by atoms with E-state index in [1.165, 1.54) is 68.1 Å². The summed E-state index contributed by atoms with van der Waals surface area (Å²) in [4.78, 5) is 20.2. The van der Waals surface area contributed by atoms with Crippen LogP contribution in [0.5, 0.6) is 5.88 Å². The van der Waals surface area contributed by atoms with Crippen LogP contribution in [0.2, 0.25) is 0 Å². The lowest BCUT2D eigenvalue weighted by Crippen LogP contribution is -2.68. The number of rotatable bonds is 11. The summed E-state index contributed by atoms with van der Waals surface area (Å²) >= 11 is 0. The van der Waals surface area contributed by atoms with Crippen LogP contribution >= 0.6 is 0 Å². The fourth-order valence-electron chi connectivity index (χ4n) is 15.5. The number of sulfone groups is 1. The lowest BCUT2D eigenvalue weighted by Gasteiger charge is -2.72. The summed E-state index contributed by atoms with van der Waals surface area (Å²) in [5.74, 6) is 4.09. The molecule has 10 atom stereocenters. The third kappa shape index (κ3) is 7.21. The number of hydrogen-bond acceptors (Lipinski definition) is 8. The van der Waals surface area contributed by atoms with Gasteiger partial charge in [0.2, 0.25) is 5.88 Å². The van der Waals surface area contributed by atoms with Gasteiger partial charge in [0, 0.05) is 44.0 Å². The summed E-state index contributed by atoms with van der Waals surface area (Å²) in [5, 5.41) is 4.24. The number of pyridine rings is 1. The summed E-state index contributed by atoms with van der Waals surface area (Å²) in [6, 6.07) is 5.63. The van der Waals surface area contributed by atoms with Crippen LogP contribution in [0.1, 0.15) is 126 Å². The number of aromatic nitrogens is 1. The number of nitrogens with zero attached hydrogens (tertiary/aromatic N) is 2. The Morgan fingerprint density at radius 3 is 2.39 bits per heavy atom. The third-order valence-corrected chi connectivity index (χ3v) is 20.4. The third-order valence-electron chi connectivity index (χ3n) is 18.8. The summed E-state index contributed by atoms with van der Waals surface area (Å²) in [6.07, 6.45) is 20.2. The molecule has 0 unspecified atom stereocenters. The van der Waals surface area contributed by atoms with E-state index in [1.807, 2.05) is 25.1 Å². The minimum atomic E-state index is -2.87. The van der Waals surface area contributed by atoms with E-state index < -0.39 is 15.3 Å². The molecule has 2 heterocycles. The monoisotopic (exact) mass is 830 g/mol. The van der Waals surface area contributed by atoms with Gasteiger partial charge >= 0.3 is 5.97 Å². The number of carbonyl (C=O) groups is 1. The molecule has 0 spiro atoms. The molecule has 0 bridgehead atoms. The number of ether oxygens (including phenoxy) is 2. The van der Waals surface area contributed by atoms with Crippen molar-refractivity contribution in [2.24, 2.45) is 56.7 Å². The molecular weight excluding hydrogens is 755 g/mol. The van der Waals surface area contributed by atoms with Crippen LogP contribution in [0.4, 0.5) is 0 Å². The molecule has 7 aliphatic rings. The zero-order valence-electron chi connectivity index (χ0n) is 37.5. The SMILES string of the molecule is C=C(C)[C@@H]1CC[C@]2(NCCN3CCS(=O)(=O)CC3)CC[C@]3(C)[C@H](CC[C@@H]4[C@@]5(C)CC=C(C6=CC[C@](COc7ccccn7)(C(=O)OCC)CC6)C(C)(C)[C@@H]5CC[C@]43C)[C@@H]12. The second-order valence-electron chi connectivity index (χ2n) is 21.7. The van der Waals surface area contributed by atoms with Crippen LogP contribution in [-0.4, -0.2) is 80.7 Å². The Kier molecular flexibility index (Phi) is 11.5. The highest BCUT2D eigenvalue weighted by Crippen LogP contribution is 2.76. The zero-order chi connectivity index (χ0) is 42.1. The molecule has 326 valence electrons. The molecule has 8 nitrogen and oxygen atoms in total. The van der Waals surface area contributed by atoms with Gasteiger partial charge in [-0.1, -0.05) is 65.0 Å². The molecule has 1 N–H and O–H groups in total. The highest BCUT2D eigenvalue weighted by atomic mass is 32.2. The van der Waals surface area contributed by atoms with Crippen molar-refractivity contribution in [2.75, 3.05) is 50.9 Å². The predicted molar refractivity (Wildman–Crippen MR) is 237 cm³/mol. The quantitative estimate of drug-likeness (QED) is 0.174. The van der Waals surface area contributed by atoms with E-state index in [4.69, 9.17) is 9.47 Å². The maximum atomic E-state index is 13.5. The van der Waals surface area contributed by atoms with Gasteiger partial charge in [0.15, 0.2) is 9.84 Å². The first kappa shape index (κ1) is 43.2. The van der Waals surface area contributed by atoms with Gasteiger partial charge in [-0.25, -0.2) is 13.4 Å². The van der Waals surface area contributed by atoms with E-state index in [2.05, 4.69) is 75.5 Å². The number of nitrogens with one attached hydrogen (secondary N) is 1. The van der Waals surface area contributed by atoms with E-state index in [9.17, 15) is 13.2 Å². The first-order valence-electron chi connectivity index (χ1n) is 23.4. The van der Waals surface area contributed by atoms with Crippen LogP contribution in [-0.2, 0) is 19.4 Å². The molecule has 59 heavy (non-hydrogen) atoms. The standard InChI is InChI=1S/C50H75N3O5S/c1-9-57-44(54)49(34-58-42-12-10-11-27-51-42)22-15-36(16-23-49)38-18-20-46(6)40(45(38,4)5)19-21-48(8)41(46)14-13-39-43-37(35(2)3)17-24-50(43,26-25-47(39,48)7)52-28-29-53-30-32-59(55,56)33-31-53/h10-12,15,18,27,37,39-41,43,52H,2,9,13-14,16-17,19-26,28-34H2,1,3-8H3/t37-,39+,40-,41+,43+,46-,47+,48+,49-,50-/m0/s1. The fraction of sp³-hybridized carbons (Fsp3) is 0.760. The number of fused-ring (bicyclic) bond motifs is 7. The lowest BCUT2D eigenvalue weighted by molar-refractivity contribution is -0.221. The second kappa shape index (κ2) is 15.7. The van der Waals surface area contributed by atoms with E-state index in [1.54, 1.807) is 6.20 Å². The molecule has 1 aromatic rings. The van der Waals surface area contributed by atoms with Gasteiger partial charge in [-0.05, 0) is 159 Å². The molecule has 5 fully saturated rings. The fourth-order valence-corrected chi connectivity index (χ4v) is 16.8. The van der Waals surface area contributed by atoms with Crippen LogP contribution < -0.4 is 10.1 Å². The molecule has 0 aromatic carbocycles. The highest BCUT2D eigenvalue weighted by molar-refractivity contribution is 7.91. The molecule has 0 amide bonds. The van der Waals surface area contributed by atoms with Crippen LogP contribution in [0.3, 0.4) is 0 Å².